The van der Waals surface area contributed by atoms with Crippen LogP contribution in [0.3, 0.4) is 0 Å². The molecule has 5 atom stereocenters. The zero-order valence-corrected chi connectivity index (χ0v) is 25.6. The minimum atomic E-state index is -1.33. The Morgan fingerprint density at radius 1 is 0.795 bits per heavy atom. The quantitative estimate of drug-likeness (QED) is 0.202. The van der Waals surface area contributed by atoms with Gasteiger partial charge in [-0.25, -0.2) is 4.68 Å². The molecule has 1 saturated heterocycles. The number of nitrogens with zero attached hydrogens (tertiary/aromatic N) is 4. The summed E-state index contributed by atoms with van der Waals surface area (Å²) in [6.07, 6.45) is -4.68. The van der Waals surface area contributed by atoms with E-state index in [4.69, 9.17) is 46.9 Å². The Hall–Kier alpha value is -4.20. The van der Waals surface area contributed by atoms with Crippen molar-refractivity contribution in [2.45, 2.75) is 64.9 Å². The van der Waals surface area contributed by atoms with E-state index in [0.717, 1.165) is 35.7 Å². The summed E-state index contributed by atoms with van der Waals surface area (Å²) in [5.41, 5.74) is 2.27. The average Bonchev–Trinajstić information content (AvgIpc) is 3.51. The molecule has 1 fully saturated rings. The Labute approximate surface area is 260 Å². The van der Waals surface area contributed by atoms with Gasteiger partial charge >= 0.3 is 23.9 Å². The number of halogens is 2. The molecule has 13 nitrogen and oxygen atoms in total. The maximum Gasteiger partial charge on any atom is 0.303 e. The van der Waals surface area contributed by atoms with Gasteiger partial charge in [0.1, 0.15) is 18.4 Å². The van der Waals surface area contributed by atoms with E-state index in [-0.39, 0.29) is 13.2 Å². The molecule has 0 spiro atoms. The molecule has 1 aliphatic heterocycles. The Morgan fingerprint density at radius 3 is 1.89 bits per heavy atom. The van der Waals surface area contributed by atoms with Gasteiger partial charge in [-0.1, -0.05) is 28.4 Å². The standard InChI is InChI=1S/C29H28Cl2N4O9/c1-14(36)40-13-25-26(41-15(2)37)27(42-16(3)38)28(43-17(4)39)29(44-25)35-12-20(32-33-35)11-34-23-7-5-18(30)9-21(23)22-10-19(31)6-8-24(22)34/h5-10,12,25-29H,11,13H2,1-4H3/t25-,26+,27+,28-,29-/m0/s1. The Morgan fingerprint density at radius 2 is 1.34 bits per heavy atom. The van der Waals surface area contributed by atoms with Gasteiger partial charge in [0, 0.05) is 59.5 Å². The van der Waals surface area contributed by atoms with Crippen molar-refractivity contribution >= 4 is 68.9 Å². The molecule has 15 heteroatoms. The Balaban J connectivity index is 1.54. The summed E-state index contributed by atoms with van der Waals surface area (Å²) in [5, 5.41) is 11.5. The van der Waals surface area contributed by atoms with Crippen LogP contribution in [0.25, 0.3) is 21.8 Å². The molecule has 1 aliphatic rings. The molecule has 232 valence electrons. The molecule has 0 unspecified atom stereocenters. The second-order valence-corrected chi connectivity index (χ2v) is 11.1. The minimum absolute atomic E-state index is 0.272. The maximum atomic E-state index is 12.2. The summed E-state index contributed by atoms with van der Waals surface area (Å²) in [6, 6.07) is 11.1. The van der Waals surface area contributed by atoms with E-state index in [1.54, 1.807) is 18.3 Å². The molecular weight excluding hydrogens is 619 g/mol. The number of hydrogen-bond acceptors (Lipinski definition) is 11. The van der Waals surface area contributed by atoms with E-state index in [1.165, 1.54) is 18.5 Å². The third kappa shape index (κ3) is 6.64. The minimum Gasteiger partial charge on any atom is -0.463 e. The fraction of sp³-hybridized carbons (Fsp3) is 0.379. The highest BCUT2D eigenvalue weighted by Gasteiger charge is 2.53. The molecule has 0 saturated carbocycles. The highest BCUT2D eigenvalue weighted by atomic mass is 35.5. The molecule has 44 heavy (non-hydrogen) atoms. The topological polar surface area (TPSA) is 150 Å². The monoisotopic (exact) mass is 646 g/mol. The molecule has 4 aromatic rings. The van der Waals surface area contributed by atoms with Crippen molar-refractivity contribution in [1.82, 2.24) is 19.6 Å². The van der Waals surface area contributed by atoms with Crippen LogP contribution in [-0.2, 0) is 49.4 Å². The molecule has 2 aromatic carbocycles. The first-order valence-corrected chi connectivity index (χ1v) is 14.2. The summed E-state index contributed by atoms with van der Waals surface area (Å²) < 4.78 is 31.2. The lowest BCUT2D eigenvalue weighted by atomic mass is 9.97. The van der Waals surface area contributed by atoms with E-state index >= 15 is 0 Å². The molecule has 0 amide bonds. The summed E-state index contributed by atoms with van der Waals surface area (Å²) in [5.74, 6) is -2.79. The molecule has 3 heterocycles. The van der Waals surface area contributed by atoms with Crippen molar-refractivity contribution in [3.63, 3.8) is 0 Å². The molecule has 0 bridgehead atoms. The first-order valence-electron chi connectivity index (χ1n) is 13.5. The molecule has 0 radical (unpaired) electrons. The number of hydrogen-bond donors (Lipinski definition) is 0. The first kappa shape index (κ1) is 31.2. The Bertz CT molecular complexity index is 1690. The number of fused-ring (bicyclic) bond motifs is 3. The number of aromatic nitrogens is 4. The summed E-state index contributed by atoms with van der Waals surface area (Å²) in [4.78, 5) is 48.0. The van der Waals surface area contributed by atoms with Crippen molar-refractivity contribution < 1.29 is 42.9 Å². The highest BCUT2D eigenvalue weighted by molar-refractivity contribution is 6.33. The predicted molar refractivity (Wildman–Crippen MR) is 156 cm³/mol. The van der Waals surface area contributed by atoms with Crippen molar-refractivity contribution in [1.29, 1.82) is 0 Å². The third-order valence-electron chi connectivity index (χ3n) is 6.89. The SMILES string of the molecule is CC(=O)OC[C@@H]1O[C@H](n2cc(Cn3c4ccc(Cl)cc4c4cc(Cl)ccc43)nn2)[C@@H](OC(C)=O)[C@H](OC(C)=O)[C@@H]1OC(C)=O. The number of benzene rings is 2. The fourth-order valence-electron chi connectivity index (χ4n) is 5.31. The van der Waals surface area contributed by atoms with Crippen molar-refractivity contribution in [3.05, 3.63) is 58.3 Å². The smallest absolute Gasteiger partial charge is 0.303 e. The van der Waals surface area contributed by atoms with Crippen LogP contribution in [0.5, 0.6) is 0 Å². The van der Waals surface area contributed by atoms with E-state index in [2.05, 4.69) is 10.3 Å². The van der Waals surface area contributed by atoms with Gasteiger partial charge in [0.15, 0.2) is 24.5 Å². The van der Waals surface area contributed by atoms with Gasteiger partial charge in [0.25, 0.3) is 0 Å². The number of ether oxygens (including phenoxy) is 5. The van der Waals surface area contributed by atoms with Crippen LogP contribution >= 0.6 is 23.2 Å². The maximum absolute atomic E-state index is 12.2. The lowest BCUT2D eigenvalue weighted by Crippen LogP contribution is -2.60. The van der Waals surface area contributed by atoms with E-state index in [9.17, 15) is 19.2 Å². The zero-order chi connectivity index (χ0) is 31.7. The molecule has 0 aliphatic carbocycles. The summed E-state index contributed by atoms with van der Waals surface area (Å²) in [7, 11) is 0. The van der Waals surface area contributed by atoms with Crippen LogP contribution in [0.1, 0.15) is 39.6 Å². The normalized spacial score (nSPS) is 21.6. The van der Waals surface area contributed by atoms with Crippen LogP contribution in [0.15, 0.2) is 42.6 Å². The summed E-state index contributed by atoms with van der Waals surface area (Å²) >= 11 is 12.6. The molecule has 0 N–H and O–H groups in total. The van der Waals surface area contributed by atoms with Crippen LogP contribution in [0.4, 0.5) is 0 Å². The number of rotatable bonds is 8. The third-order valence-corrected chi connectivity index (χ3v) is 7.36. The predicted octanol–water partition coefficient (Wildman–Crippen LogP) is 4.00. The van der Waals surface area contributed by atoms with Gasteiger partial charge in [0.2, 0.25) is 0 Å². The molecule has 5 rings (SSSR count). The molecular formula is C29H28Cl2N4O9. The van der Waals surface area contributed by atoms with Gasteiger partial charge in [-0.05, 0) is 36.4 Å². The number of carbonyl (C=O) groups is 4. The van der Waals surface area contributed by atoms with E-state index in [0.29, 0.717) is 15.7 Å². The second-order valence-electron chi connectivity index (χ2n) is 10.2. The van der Waals surface area contributed by atoms with Crippen molar-refractivity contribution in [2.24, 2.45) is 0 Å². The van der Waals surface area contributed by atoms with E-state index < -0.39 is 54.5 Å². The van der Waals surface area contributed by atoms with E-state index in [1.807, 2.05) is 28.8 Å². The van der Waals surface area contributed by atoms with Crippen LogP contribution in [0, 0.1) is 0 Å². The van der Waals surface area contributed by atoms with Crippen molar-refractivity contribution in [3.8, 4) is 0 Å². The van der Waals surface area contributed by atoms with Gasteiger partial charge in [0.05, 0.1) is 12.7 Å². The van der Waals surface area contributed by atoms with Crippen LogP contribution in [0.2, 0.25) is 10.0 Å². The van der Waals surface area contributed by atoms with Gasteiger partial charge < -0.3 is 28.3 Å². The van der Waals surface area contributed by atoms with Gasteiger partial charge in [-0.3, -0.25) is 19.2 Å². The average molecular weight is 647 g/mol. The number of carbonyl (C=O) groups excluding carboxylic acids is 4. The number of esters is 4. The van der Waals surface area contributed by atoms with Gasteiger partial charge in [-0.15, -0.1) is 5.10 Å². The lowest BCUT2D eigenvalue weighted by molar-refractivity contribution is -0.270. The first-order chi connectivity index (χ1) is 20.9. The summed E-state index contributed by atoms with van der Waals surface area (Å²) in [6.45, 7) is 4.59. The lowest BCUT2D eigenvalue weighted by Gasteiger charge is -2.44. The molecule has 2 aromatic heterocycles. The van der Waals surface area contributed by atoms with Crippen LogP contribution < -0.4 is 0 Å². The fourth-order valence-corrected chi connectivity index (χ4v) is 5.65. The van der Waals surface area contributed by atoms with Gasteiger partial charge in [-0.2, -0.15) is 0 Å². The van der Waals surface area contributed by atoms with Crippen molar-refractivity contribution in [2.75, 3.05) is 6.61 Å². The highest BCUT2D eigenvalue weighted by Crippen LogP contribution is 2.36. The second kappa shape index (κ2) is 12.8. The zero-order valence-electron chi connectivity index (χ0n) is 24.1. The largest absolute Gasteiger partial charge is 0.463 e. The Kier molecular flexibility index (Phi) is 9.09. The van der Waals surface area contributed by atoms with Crippen LogP contribution in [-0.4, -0.2) is 74.5 Å².